The summed E-state index contributed by atoms with van der Waals surface area (Å²) in [7, 11) is 1.57. The molecule has 28 heavy (non-hydrogen) atoms. The van der Waals surface area contributed by atoms with Gasteiger partial charge in [0, 0.05) is 5.56 Å². The summed E-state index contributed by atoms with van der Waals surface area (Å²) in [6, 6.07) is 7.38. The molecule has 1 amide bonds. The van der Waals surface area contributed by atoms with E-state index in [1.165, 1.54) is 4.68 Å². The fraction of sp³-hybridized carbons (Fsp3) is 0.294. The summed E-state index contributed by atoms with van der Waals surface area (Å²) in [5, 5.41) is 19.3. The lowest BCUT2D eigenvalue weighted by atomic mass is 10.1. The predicted octanol–water partition coefficient (Wildman–Crippen LogP) is 1.35. The average molecular weight is 384 g/mol. The van der Waals surface area contributed by atoms with E-state index in [-0.39, 0.29) is 17.3 Å². The van der Waals surface area contributed by atoms with Gasteiger partial charge in [0.15, 0.2) is 5.69 Å². The number of nitrogen functional groups attached to an aromatic ring is 1. The van der Waals surface area contributed by atoms with E-state index in [0.717, 1.165) is 12.0 Å². The summed E-state index contributed by atoms with van der Waals surface area (Å²) in [4.78, 5) is 12.6. The van der Waals surface area contributed by atoms with Crippen molar-refractivity contribution in [1.29, 1.82) is 0 Å². The number of hydrogen-bond donors (Lipinski definition) is 2. The fourth-order valence-corrected chi connectivity index (χ4v) is 2.64. The molecule has 3 aromatic rings. The van der Waals surface area contributed by atoms with Gasteiger partial charge in [-0.1, -0.05) is 30.7 Å². The number of amides is 1. The third-order valence-corrected chi connectivity index (χ3v) is 3.98. The molecule has 0 bridgehead atoms. The highest BCUT2D eigenvalue weighted by molar-refractivity contribution is 6.02. The number of nitrogens with one attached hydrogen (secondary N) is 1. The van der Waals surface area contributed by atoms with E-state index < -0.39 is 5.91 Å². The van der Waals surface area contributed by atoms with Gasteiger partial charge in [-0.2, -0.15) is 9.78 Å². The molecular weight excluding hydrogens is 364 g/mol. The molecule has 0 atom stereocenters. The molecule has 0 aliphatic heterocycles. The number of nitrogens with two attached hydrogens (primary N) is 1. The average Bonchev–Trinajstić information content (AvgIpc) is 3.31. The molecule has 0 saturated carbocycles. The first kappa shape index (κ1) is 19.0. The third-order valence-electron chi connectivity index (χ3n) is 3.98. The van der Waals surface area contributed by atoms with Crippen molar-refractivity contribution < 1.29 is 14.2 Å². The maximum absolute atomic E-state index is 12.6. The van der Waals surface area contributed by atoms with Gasteiger partial charge in [-0.3, -0.25) is 4.79 Å². The number of benzene rings is 1. The quantitative estimate of drug-likeness (QED) is 0.458. The van der Waals surface area contributed by atoms with Crippen molar-refractivity contribution in [1.82, 2.24) is 30.7 Å². The molecule has 11 heteroatoms. The highest BCUT2D eigenvalue weighted by Gasteiger charge is 2.23. The van der Waals surface area contributed by atoms with Crippen LogP contribution >= 0.6 is 0 Å². The molecule has 146 valence electrons. The van der Waals surface area contributed by atoms with Crippen molar-refractivity contribution in [2.75, 3.05) is 12.8 Å². The summed E-state index contributed by atoms with van der Waals surface area (Å²) < 4.78 is 11.3. The van der Waals surface area contributed by atoms with Crippen LogP contribution < -0.4 is 15.9 Å². The van der Waals surface area contributed by atoms with Crippen LogP contribution in [0.3, 0.4) is 0 Å². The van der Waals surface area contributed by atoms with Gasteiger partial charge in [0.25, 0.3) is 5.91 Å². The van der Waals surface area contributed by atoms with E-state index in [1.54, 1.807) is 14.0 Å². The van der Waals surface area contributed by atoms with E-state index >= 15 is 0 Å². The molecule has 0 radical (unpaired) electrons. The molecular formula is C17H20N8O3. The van der Waals surface area contributed by atoms with Crippen molar-refractivity contribution in [2.45, 2.75) is 26.7 Å². The number of carbonyl (C=O) groups excluding carboxylic acids is 1. The first-order valence-corrected chi connectivity index (χ1v) is 8.57. The Morgan fingerprint density at radius 3 is 2.82 bits per heavy atom. The number of nitrogens with zero attached hydrogens (tertiary/aromatic N) is 6. The maximum Gasteiger partial charge on any atom is 0.293 e. The second-order valence-corrected chi connectivity index (χ2v) is 5.86. The van der Waals surface area contributed by atoms with Gasteiger partial charge >= 0.3 is 0 Å². The van der Waals surface area contributed by atoms with Gasteiger partial charge in [-0.15, -0.1) is 5.10 Å². The van der Waals surface area contributed by atoms with Crippen LogP contribution in [-0.2, 0) is 6.42 Å². The SMILES string of the molecule is CCCc1c(C(=O)N/N=C(\C)c2ccccc2OC)nnn1-c1nonc1N. The number of anilines is 1. The Kier molecular flexibility index (Phi) is 5.63. The van der Waals surface area contributed by atoms with E-state index in [0.29, 0.717) is 23.6 Å². The Morgan fingerprint density at radius 2 is 2.14 bits per heavy atom. The summed E-state index contributed by atoms with van der Waals surface area (Å²) in [5.74, 6) is 0.395. The van der Waals surface area contributed by atoms with Gasteiger partial charge in [-0.05, 0) is 35.8 Å². The van der Waals surface area contributed by atoms with Crippen molar-refractivity contribution in [3.63, 3.8) is 0 Å². The van der Waals surface area contributed by atoms with Crippen LogP contribution in [0.1, 0.15) is 42.0 Å². The minimum absolute atomic E-state index is 0.0549. The third kappa shape index (κ3) is 3.68. The molecule has 2 aromatic heterocycles. The summed E-state index contributed by atoms with van der Waals surface area (Å²) in [6.07, 6.45) is 1.28. The number of methoxy groups -OCH3 is 1. The van der Waals surface area contributed by atoms with E-state index in [4.69, 9.17) is 10.5 Å². The Bertz CT molecular complexity index is 1010. The molecule has 11 nitrogen and oxygen atoms in total. The van der Waals surface area contributed by atoms with Crippen LogP contribution in [-0.4, -0.2) is 44.0 Å². The Hall–Kier alpha value is -3.76. The summed E-state index contributed by atoms with van der Waals surface area (Å²) in [6.45, 7) is 3.73. The molecule has 2 heterocycles. The van der Waals surface area contributed by atoms with Gasteiger partial charge in [0.05, 0.1) is 18.5 Å². The number of ether oxygens (including phenoxy) is 1. The topological polar surface area (TPSA) is 146 Å². The molecule has 0 unspecified atom stereocenters. The van der Waals surface area contributed by atoms with Gasteiger partial charge in [-0.25, -0.2) is 10.1 Å². The smallest absolute Gasteiger partial charge is 0.293 e. The minimum atomic E-state index is -0.501. The van der Waals surface area contributed by atoms with Crippen molar-refractivity contribution in [2.24, 2.45) is 5.10 Å². The fourth-order valence-electron chi connectivity index (χ4n) is 2.64. The molecule has 0 aliphatic carbocycles. The van der Waals surface area contributed by atoms with Crippen LogP contribution in [0.2, 0.25) is 0 Å². The normalized spacial score (nSPS) is 11.5. The molecule has 3 N–H and O–H groups in total. The van der Waals surface area contributed by atoms with Gasteiger partial charge in [0.1, 0.15) is 5.75 Å². The number of para-hydroxylation sites is 1. The second kappa shape index (κ2) is 8.29. The van der Waals surface area contributed by atoms with Crippen molar-refractivity contribution in [3.8, 4) is 11.6 Å². The molecule has 0 aliphatic rings. The number of hydrogen-bond acceptors (Lipinski definition) is 9. The number of carbonyl (C=O) groups is 1. The minimum Gasteiger partial charge on any atom is -0.496 e. The summed E-state index contributed by atoms with van der Waals surface area (Å²) in [5.41, 5.74) is 10.2. The monoisotopic (exact) mass is 384 g/mol. The van der Waals surface area contributed by atoms with Crippen molar-refractivity contribution in [3.05, 3.63) is 41.2 Å². The zero-order valence-corrected chi connectivity index (χ0v) is 15.7. The largest absolute Gasteiger partial charge is 0.496 e. The molecule has 3 rings (SSSR count). The van der Waals surface area contributed by atoms with Crippen LogP contribution in [0.4, 0.5) is 5.82 Å². The van der Waals surface area contributed by atoms with E-state index in [2.05, 4.69) is 35.8 Å². The molecule has 0 spiro atoms. The van der Waals surface area contributed by atoms with Gasteiger partial charge in [0.2, 0.25) is 11.6 Å². The lowest BCUT2D eigenvalue weighted by Gasteiger charge is -2.08. The van der Waals surface area contributed by atoms with Crippen LogP contribution in [0.25, 0.3) is 5.82 Å². The molecule has 1 aromatic carbocycles. The number of hydrazone groups is 1. The second-order valence-electron chi connectivity index (χ2n) is 5.86. The first-order valence-electron chi connectivity index (χ1n) is 8.57. The zero-order chi connectivity index (χ0) is 20.1. The van der Waals surface area contributed by atoms with Crippen molar-refractivity contribution >= 4 is 17.4 Å². The predicted molar refractivity (Wildman–Crippen MR) is 100 cm³/mol. The zero-order valence-electron chi connectivity index (χ0n) is 15.7. The lowest BCUT2D eigenvalue weighted by molar-refractivity contribution is 0.0948. The van der Waals surface area contributed by atoms with Crippen LogP contribution in [0.15, 0.2) is 34.0 Å². The van der Waals surface area contributed by atoms with Crippen LogP contribution in [0, 0.1) is 0 Å². The molecule has 0 fully saturated rings. The Morgan fingerprint density at radius 1 is 1.36 bits per heavy atom. The highest BCUT2D eigenvalue weighted by Crippen LogP contribution is 2.19. The van der Waals surface area contributed by atoms with Crippen LogP contribution in [0.5, 0.6) is 5.75 Å². The standard InChI is InChI=1S/C17H20N8O3/c1-4-7-12-14(20-24-25(12)16-15(18)22-28-23-16)17(26)21-19-10(2)11-8-5-6-9-13(11)27-3/h5-6,8-9H,4,7H2,1-3H3,(H2,18,22)(H,21,26)/b19-10+. The maximum atomic E-state index is 12.6. The Balaban J connectivity index is 1.87. The number of aromatic nitrogens is 5. The lowest BCUT2D eigenvalue weighted by Crippen LogP contribution is -2.22. The first-order chi connectivity index (χ1) is 13.6. The highest BCUT2D eigenvalue weighted by atomic mass is 16.6. The Labute approximate surface area is 160 Å². The van der Waals surface area contributed by atoms with E-state index in [1.807, 2.05) is 31.2 Å². The molecule has 0 saturated heterocycles. The number of rotatable bonds is 7. The summed E-state index contributed by atoms with van der Waals surface area (Å²) >= 11 is 0. The van der Waals surface area contributed by atoms with Gasteiger partial charge < -0.3 is 10.5 Å². The van der Waals surface area contributed by atoms with E-state index in [9.17, 15) is 4.79 Å².